The number of alkyl halides is 1. The zero-order valence-electron chi connectivity index (χ0n) is 17.5. The van der Waals surface area contributed by atoms with Crippen molar-refractivity contribution in [3.63, 3.8) is 0 Å². The SMILES string of the molecule is [CH2]C(Cl)CCCCCCCCCCCCCCCCCCCCCC. The number of halogens is 1. The van der Waals surface area contributed by atoms with Crippen LogP contribution in [0.2, 0.25) is 0 Å². The summed E-state index contributed by atoms with van der Waals surface area (Å²) in [5.74, 6) is 0. The molecule has 0 aromatic heterocycles. The molecular formula is C24H48Cl. The molecule has 0 amide bonds. The zero-order chi connectivity index (χ0) is 18.4. The summed E-state index contributed by atoms with van der Waals surface area (Å²) in [6.07, 6.45) is 29.9. The van der Waals surface area contributed by atoms with Crippen molar-refractivity contribution in [1.29, 1.82) is 0 Å². The van der Waals surface area contributed by atoms with Gasteiger partial charge in [-0.1, -0.05) is 135 Å². The van der Waals surface area contributed by atoms with Crippen molar-refractivity contribution in [1.82, 2.24) is 0 Å². The molecule has 0 rings (SSSR count). The first-order valence-electron chi connectivity index (χ1n) is 11.7. The van der Waals surface area contributed by atoms with Gasteiger partial charge in [0.1, 0.15) is 0 Å². The normalized spacial score (nSPS) is 12.6. The maximum absolute atomic E-state index is 5.85. The van der Waals surface area contributed by atoms with Crippen LogP contribution >= 0.6 is 11.6 Å². The highest BCUT2D eigenvalue weighted by atomic mass is 35.5. The molecule has 0 N–H and O–H groups in total. The van der Waals surface area contributed by atoms with Gasteiger partial charge in [-0.25, -0.2) is 0 Å². The molecule has 0 bridgehead atoms. The molecule has 0 aliphatic carbocycles. The average Bonchev–Trinajstić information content (AvgIpc) is 2.60. The van der Waals surface area contributed by atoms with E-state index in [-0.39, 0.29) is 5.38 Å². The molecular weight excluding hydrogens is 324 g/mol. The van der Waals surface area contributed by atoms with Crippen LogP contribution in [-0.4, -0.2) is 5.38 Å². The molecule has 0 aliphatic rings. The Morgan fingerprint density at radius 3 is 0.960 bits per heavy atom. The van der Waals surface area contributed by atoms with Crippen LogP contribution in [0, 0.1) is 6.92 Å². The molecule has 0 aromatic carbocycles. The minimum absolute atomic E-state index is 0.121. The second kappa shape index (κ2) is 22.3. The molecule has 0 fully saturated rings. The van der Waals surface area contributed by atoms with Gasteiger partial charge in [0.2, 0.25) is 0 Å². The number of unbranched alkanes of at least 4 members (excludes halogenated alkanes) is 19. The molecule has 1 radical (unpaired) electrons. The quantitative estimate of drug-likeness (QED) is 0.139. The van der Waals surface area contributed by atoms with Crippen molar-refractivity contribution in [2.24, 2.45) is 0 Å². The molecule has 0 aliphatic heterocycles. The van der Waals surface area contributed by atoms with E-state index in [9.17, 15) is 0 Å². The Morgan fingerprint density at radius 2 is 0.720 bits per heavy atom. The molecule has 0 nitrogen and oxygen atoms in total. The maximum atomic E-state index is 5.85. The lowest BCUT2D eigenvalue weighted by atomic mass is 10.0. The Hall–Kier alpha value is 0.290. The Balaban J connectivity index is 2.96. The maximum Gasteiger partial charge on any atom is 0.0336 e. The van der Waals surface area contributed by atoms with Crippen LogP contribution in [0.15, 0.2) is 0 Å². The fraction of sp³-hybridized carbons (Fsp3) is 0.958. The highest BCUT2D eigenvalue weighted by Crippen LogP contribution is 2.15. The third-order valence-corrected chi connectivity index (χ3v) is 5.59. The minimum Gasteiger partial charge on any atom is -0.123 e. The van der Waals surface area contributed by atoms with E-state index in [0.717, 1.165) is 6.42 Å². The number of hydrogen-bond donors (Lipinski definition) is 0. The van der Waals surface area contributed by atoms with E-state index in [4.69, 9.17) is 11.6 Å². The summed E-state index contributed by atoms with van der Waals surface area (Å²) in [6, 6.07) is 0. The molecule has 0 aromatic rings. The Kier molecular flexibility index (Phi) is 22.6. The van der Waals surface area contributed by atoms with E-state index in [2.05, 4.69) is 13.8 Å². The summed E-state index contributed by atoms with van der Waals surface area (Å²) in [5.41, 5.74) is 0. The monoisotopic (exact) mass is 371 g/mol. The summed E-state index contributed by atoms with van der Waals surface area (Å²) in [5, 5.41) is 0.121. The summed E-state index contributed by atoms with van der Waals surface area (Å²) < 4.78 is 0. The smallest absolute Gasteiger partial charge is 0.0336 e. The lowest BCUT2D eigenvalue weighted by molar-refractivity contribution is 0.520. The van der Waals surface area contributed by atoms with Gasteiger partial charge in [-0.15, -0.1) is 11.6 Å². The van der Waals surface area contributed by atoms with Crippen molar-refractivity contribution >= 4 is 11.6 Å². The zero-order valence-corrected chi connectivity index (χ0v) is 18.3. The summed E-state index contributed by atoms with van der Waals surface area (Å²) in [4.78, 5) is 0. The first-order valence-corrected chi connectivity index (χ1v) is 12.2. The summed E-state index contributed by atoms with van der Waals surface area (Å²) in [7, 11) is 0. The van der Waals surface area contributed by atoms with E-state index in [0.29, 0.717) is 0 Å². The van der Waals surface area contributed by atoms with Crippen molar-refractivity contribution in [3.8, 4) is 0 Å². The molecule has 0 heterocycles. The predicted molar refractivity (Wildman–Crippen MR) is 118 cm³/mol. The lowest BCUT2D eigenvalue weighted by Gasteiger charge is -2.04. The predicted octanol–water partition coefficient (Wildman–Crippen LogP) is 9.64. The lowest BCUT2D eigenvalue weighted by Crippen LogP contribution is -1.90. The van der Waals surface area contributed by atoms with Gasteiger partial charge in [0.05, 0.1) is 0 Å². The molecule has 0 spiro atoms. The van der Waals surface area contributed by atoms with Gasteiger partial charge in [-0.3, -0.25) is 0 Å². The van der Waals surface area contributed by atoms with Crippen LogP contribution in [0.3, 0.4) is 0 Å². The third kappa shape index (κ3) is 24.3. The van der Waals surface area contributed by atoms with Gasteiger partial charge < -0.3 is 0 Å². The third-order valence-electron chi connectivity index (χ3n) is 5.37. The average molecular weight is 372 g/mol. The molecule has 25 heavy (non-hydrogen) atoms. The highest BCUT2D eigenvalue weighted by molar-refractivity contribution is 6.21. The molecule has 1 unspecified atom stereocenters. The molecule has 1 heteroatoms. The van der Waals surface area contributed by atoms with Gasteiger partial charge in [0, 0.05) is 5.38 Å². The van der Waals surface area contributed by atoms with Crippen LogP contribution in [-0.2, 0) is 0 Å². The van der Waals surface area contributed by atoms with E-state index in [1.807, 2.05) is 0 Å². The van der Waals surface area contributed by atoms with E-state index < -0.39 is 0 Å². The largest absolute Gasteiger partial charge is 0.123 e. The Morgan fingerprint density at radius 1 is 0.480 bits per heavy atom. The summed E-state index contributed by atoms with van der Waals surface area (Å²) >= 11 is 5.85. The van der Waals surface area contributed by atoms with Gasteiger partial charge in [0.25, 0.3) is 0 Å². The number of rotatable bonds is 21. The molecule has 1 atom stereocenters. The highest BCUT2D eigenvalue weighted by Gasteiger charge is 1.97. The molecule has 0 saturated carbocycles. The molecule has 151 valence electrons. The van der Waals surface area contributed by atoms with Crippen LogP contribution in [0.4, 0.5) is 0 Å². The molecule has 0 saturated heterocycles. The topological polar surface area (TPSA) is 0 Å². The van der Waals surface area contributed by atoms with Gasteiger partial charge >= 0.3 is 0 Å². The first-order chi connectivity index (χ1) is 12.3. The first kappa shape index (κ1) is 25.3. The van der Waals surface area contributed by atoms with Gasteiger partial charge in [-0.2, -0.15) is 0 Å². The second-order valence-corrected chi connectivity index (χ2v) is 8.72. The van der Waals surface area contributed by atoms with Crippen LogP contribution in [0.5, 0.6) is 0 Å². The number of hydrogen-bond acceptors (Lipinski definition) is 0. The van der Waals surface area contributed by atoms with E-state index >= 15 is 0 Å². The van der Waals surface area contributed by atoms with Crippen LogP contribution < -0.4 is 0 Å². The van der Waals surface area contributed by atoms with Crippen molar-refractivity contribution < 1.29 is 0 Å². The minimum atomic E-state index is 0.121. The fourth-order valence-electron chi connectivity index (χ4n) is 3.62. The van der Waals surface area contributed by atoms with Crippen molar-refractivity contribution in [2.75, 3.05) is 0 Å². The Labute approximate surface area is 165 Å². The Bertz CT molecular complexity index is 224. The van der Waals surface area contributed by atoms with E-state index in [1.165, 1.54) is 128 Å². The van der Waals surface area contributed by atoms with Crippen LogP contribution in [0.25, 0.3) is 0 Å². The standard InChI is InChI=1S/C24H48Cl/c1-3-4-5-6-7-8-9-10-11-12-13-14-15-16-17-18-19-20-21-22-23-24(2)25/h24H,2-23H2,1H3. The van der Waals surface area contributed by atoms with E-state index in [1.54, 1.807) is 0 Å². The van der Waals surface area contributed by atoms with Gasteiger partial charge in [-0.05, 0) is 13.3 Å². The fourth-order valence-corrected chi connectivity index (χ4v) is 3.78. The van der Waals surface area contributed by atoms with Crippen molar-refractivity contribution in [2.45, 2.75) is 147 Å². The van der Waals surface area contributed by atoms with Crippen LogP contribution in [0.1, 0.15) is 142 Å². The second-order valence-electron chi connectivity index (χ2n) is 8.10. The summed E-state index contributed by atoms with van der Waals surface area (Å²) in [6.45, 7) is 6.12. The van der Waals surface area contributed by atoms with Crippen molar-refractivity contribution in [3.05, 3.63) is 6.92 Å². The van der Waals surface area contributed by atoms with Gasteiger partial charge in [0.15, 0.2) is 0 Å².